The molecule has 0 saturated heterocycles. The number of nitrogens with zero attached hydrogens (tertiary/aromatic N) is 1. The molecule has 0 saturated carbocycles. The summed E-state index contributed by atoms with van der Waals surface area (Å²) < 4.78 is 5.55. The maximum atomic E-state index is 12.2. The molecule has 1 amide bonds. The Kier molecular flexibility index (Phi) is 6.12. The molecule has 0 heterocycles. The van der Waals surface area contributed by atoms with E-state index in [0.29, 0.717) is 17.0 Å². The number of carboxylic acid groups (broad SMARTS) is 1. The van der Waals surface area contributed by atoms with E-state index in [1.54, 1.807) is 24.3 Å². The lowest BCUT2D eigenvalue weighted by Gasteiger charge is -2.09. The van der Waals surface area contributed by atoms with Crippen LogP contribution in [0.25, 0.3) is 6.08 Å². The molecule has 132 valence electrons. The summed E-state index contributed by atoms with van der Waals surface area (Å²) in [6, 6.07) is 14.6. The van der Waals surface area contributed by atoms with E-state index in [9.17, 15) is 14.9 Å². The van der Waals surface area contributed by atoms with Crippen molar-refractivity contribution in [2.24, 2.45) is 0 Å². The summed E-state index contributed by atoms with van der Waals surface area (Å²) >= 11 is 0. The van der Waals surface area contributed by atoms with Gasteiger partial charge in [-0.3, -0.25) is 4.79 Å². The molecule has 0 radical (unpaired) electrons. The van der Waals surface area contributed by atoms with Crippen molar-refractivity contribution in [2.45, 2.75) is 20.0 Å². The van der Waals surface area contributed by atoms with Crippen molar-refractivity contribution in [1.82, 2.24) is 0 Å². The van der Waals surface area contributed by atoms with Gasteiger partial charge in [-0.25, -0.2) is 4.79 Å². The van der Waals surface area contributed by atoms with Crippen molar-refractivity contribution >= 4 is 23.6 Å². The van der Waals surface area contributed by atoms with Crippen LogP contribution in [0.1, 0.15) is 29.8 Å². The highest BCUT2D eigenvalue weighted by atomic mass is 16.5. The van der Waals surface area contributed by atoms with E-state index < -0.39 is 11.9 Å². The molecule has 0 aliphatic rings. The molecule has 0 fully saturated rings. The molecule has 0 bridgehead atoms. The SMILES string of the molecule is CC(C)Oc1ccc(/C=C(/C#N)C(=O)Nc2ccc(C(=O)O)cc2)cc1. The number of ether oxygens (including phenoxy) is 1. The standard InChI is InChI=1S/C20H18N2O4/c1-13(2)26-18-9-3-14(4-10-18)11-16(12-21)19(23)22-17-7-5-15(6-8-17)20(24)25/h3-11,13H,1-2H3,(H,22,23)(H,24,25)/b16-11-. The number of hydrogen-bond acceptors (Lipinski definition) is 4. The Balaban J connectivity index is 2.11. The van der Waals surface area contributed by atoms with Gasteiger partial charge in [0, 0.05) is 5.69 Å². The molecule has 0 spiro atoms. The number of nitrogens with one attached hydrogen (secondary N) is 1. The molecule has 2 aromatic rings. The van der Waals surface area contributed by atoms with Crippen LogP contribution in [0.3, 0.4) is 0 Å². The number of carbonyl (C=O) groups is 2. The van der Waals surface area contributed by atoms with Crippen molar-refractivity contribution in [1.29, 1.82) is 5.26 Å². The minimum atomic E-state index is -1.05. The second-order valence-electron chi connectivity index (χ2n) is 5.74. The van der Waals surface area contributed by atoms with Crippen LogP contribution in [0.2, 0.25) is 0 Å². The lowest BCUT2D eigenvalue weighted by Crippen LogP contribution is -2.13. The first-order valence-electron chi connectivity index (χ1n) is 7.92. The fraction of sp³-hybridized carbons (Fsp3) is 0.150. The smallest absolute Gasteiger partial charge is 0.335 e. The quantitative estimate of drug-likeness (QED) is 0.611. The lowest BCUT2D eigenvalue weighted by molar-refractivity contribution is -0.112. The molecule has 0 unspecified atom stereocenters. The Bertz CT molecular complexity index is 860. The summed E-state index contributed by atoms with van der Waals surface area (Å²) in [6.45, 7) is 3.85. The minimum Gasteiger partial charge on any atom is -0.491 e. The van der Waals surface area contributed by atoms with Gasteiger partial charge in [0.1, 0.15) is 17.4 Å². The van der Waals surface area contributed by atoms with Crippen LogP contribution in [0.4, 0.5) is 5.69 Å². The summed E-state index contributed by atoms with van der Waals surface area (Å²) in [4.78, 5) is 23.1. The van der Waals surface area contributed by atoms with Gasteiger partial charge in [0.05, 0.1) is 11.7 Å². The number of aromatic carboxylic acids is 1. The van der Waals surface area contributed by atoms with Gasteiger partial charge < -0.3 is 15.2 Å². The summed E-state index contributed by atoms with van der Waals surface area (Å²) in [5, 5.41) is 20.7. The van der Waals surface area contributed by atoms with Gasteiger partial charge in [0.15, 0.2) is 0 Å². The van der Waals surface area contributed by atoms with Crippen LogP contribution in [-0.2, 0) is 4.79 Å². The van der Waals surface area contributed by atoms with Crippen molar-refractivity contribution < 1.29 is 19.4 Å². The molecule has 6 heteroatoms. The molecule has 0 atom stereocenters. The third-order valence-corrected chi connectivity index (χ3v) is 3.32. The van der Waals surface area contributed by atoms with Gasteiger partial charge in [-0.1, -0.05) is 12.1 Å². The highest BCUT2D eigenvalue weighted by Gasteiger charge is 2.10. The summed E-state index contributed by atoms with van der Waals surface area (Å²) in [5.74, 6) is -0.915. The Morgan fingerprint density at radius 3 is 2.23 bits per heavy atom. The summed E-state index contributed by atoms with van der Waals surface area (Å²) in [6.07, 6.45) is 1.53. The number of anilines is 1. The van der Waals surface area contributed by atoms with Crippen molar-refractivity contribution in [2.75, 3.05) is 5.32 Å². The molecule has 26 heavy (non-hydrogen) atoms. The summed E-state index contributed by atoms with van der Waals surface area (Å²) in [7, 11) is 0. The van der Waals surface area contributed by atoms with Gasteiger partial charge in [-0.05, 0) is 61.9 Å². The van der Waals surface area contributed by atoms with E-state index in [1.807, 2.05) is 19.9 Å². The zero-order valence-electron chi connectivity index (χ0n) is 14.4. The van der Waals surface area contributed by atoms with E-state index in [0.717, 1.165) is 0 Å². The van der Waals surface area contributed by atoms with E-state index >= 15 is 0 Å². The van der Waals surface area contributed by atoms with Gasteiger partial charge >= 0.3 is 5.97 Å². The topological polar surface area (TPSA) is 99.4 Å². The molecule has 0 aliphatic carbocycles. The number of hydrogen-bond donors (Lipinski definition) is 2. The monoisotopic (exact) mass is 350 g/mol. The Morgan fingerprint density at radius 2 is 1.73 bits per heavy atom. The summed E-state index contributed by atoms with van der Waals surface area (Å²) in [5.41, 5.74) is 1.14. The van der Waals surface area contributed by atoms with Crippen LogP contribution in [-0.4, -0.2) is 23.1 Å². The molecule has 2 rings (SSSR count). The number of rotatable bonds is 6. The predicted molar refractivity (Wildman–Crippen MR) is 97.8 cm³/mol. The highest BCUT2D eigenvalue weighted by Crippen LogP contribution is 2.17. The first kappa shape index (κ1) is 18.7. The molecule has 6 nitrogen and oxygen atoms in total. The average molecular weight is 350 g/mol. The van der Waals surface area contributed by atoms with Crippen molar-refractivity contribution in [3.05, 3.63) is 65.2 Å². The first-order chi connectivity index (χ1) is 12.4. The molecule has 2 N–H and O–H groups in total. The zero-order chi connectivity index (χ0) is 19.1. The van der Waals surface area contributed by atoms with Crippen molar-refractivity contribution in [3.8, 4) is 11.8 Å². The lowest BCUT2D eigenvalue weighted by atomic mass is 10.1. The maximum Gasteiger partial charge on any atom is 0.335 e. The molecule has 0 aromatic heterocycles. The zero-order valence-corrected chi connectivity index (χ0v) is 14.4. The van der Waals surface area contributed by atoms with E-state index in [2.05, 4.69) is 5.32 Å². The van der Waals surface area contributed by atoms with Crippen LogP contribution in [0.5, 0.6) is 5.75 Å². The van der Waals surface area contributed by atoms with Gasteiger partial charge in [-0.2, -0.15) is 5.26 Å². The molecule has 2 aromatic carbocycles. The minimum absolute atomic E-state index is 0.0596. The van der Waals surface area contributed by atoms with Crippen molar-refractivity contribution in [3.63, 3.8) is 0 Å². The van der Waals surface area contributed by atoms with Crippen LogP contribution < -0.4 is 10.1 Å². The first-order valence-corrected chi connectivity index (χ1v) is 7.92. The second-order valence-corrected chi connectivity index (χ2v) is 5.74. The third-order valence-electron chi connectivity index (χ3n) is 3.32. The third kappa shape index (κ3) is 5.21. The number of carbonyl (C=O) groups excluding carboxylic acids is 1. The molecular formula is C20H18N2O4. The van der Waals surface area contributed by atoms with E-state index in [-0.39, 0.29) is 17.2 Å². The van der Waals surface area contributed by atoms with Crippen LogP contribution in [0, 0.1) is 11.3 Å². The number of amides is 1. The Morgan fingerprint density at radius 1 is 1.12 bits per heavy atom. The molecule has 0 aliphatic heterocycles. The highest BCUT2D eigenvalue weighted by molar-refractivity contribution is 6.09. The fourth-order valence-corrected chi connectivity index (χ4v) is 2.12. The van der Waals surface area contributed by atoms with Crippen LogP contribution >= 0.6 is 0 Å². The van der Waals surface area contributed by atoms with Gasteiger partial charge in [-0.15, -0.1) is 0 Å². The fourth-order valence-electron chi connectivity index (χ4n) is 2.12. The Labute approximate surface area is 151 Å². The van der Waals surface area contributed by atoms with Crippen LogP contribution in [0.15, 0.2) is 54.1 Å². The largest absolute Gasteiger partial charge is 0.491 e. The second kappa shape index (κ2) is 8.49. The van der Waals surface area contributed by atoms with E-state index in [4.69, 9.17) is 9.84 Å². The number of benzene rings is 2. The molecular weight excluding hydrogens is 332 g/mol. The van der Waals surface area contributed by atoms with Gasteiger partial charge in [0.2, 0.25) is 0 Å². The number of nitriles is 1. The van der Waals surface area contributed by atoms with E-state index in [1.165, 1.54) is 30.3 Å². The van der Waals surface area contributed by atoms with Gasteiger partial charge in [0.25, 0.3) is 5.91 Å². The Hall–Kier alpha value is -3.59. The normalized spacial score (nSPS) is 10.9. The average Bonchev–Trinajstić information content (AvgIpc) is 2.61. The number of carboxylic acids is 1. The maximum absolute atomic E-state index is 12.2. The predicted octanol–water partition coefficient (Wildman–Crippen LogP) is 3.72.